The number of rotatable bonds is 9. The van der Waals surface area contributed by atoms with Crippen molar-refractivity contribution in [2.24, 2.45) is 0 Å². The summed E-state index contributed by atoms with van der Waals surface area (Å²) < 4.78 is 18.2. The van der Waals surface area contributed by atoms with Crippen LogP contribution in [-0.2, 0) is 17.9 Å². The average Bonchev–Trinajstić information content (AvgIpc) is 3.23. The van der Waals surface area contributed by atoms with E-state index in [0.717, 1.165) is 41.4 Å². The number of hydrogen-bond donors (Lipinski definition) is 0. The summed E-state index contributed by atoms with van der Waals surface area (Å²) >= 11 is 0. The fourth-order valence-corrected chi connectivity index (χ4v) is 3.49. The maximum atomic E-state index is 12.6. The normalized spacial score (nSPS) is 10.9. The molecule has 3 rings (SSSR count). The molecule has 0 N–H and O–H groups in total. The van der Waals surface area contributed by atoms with E-state index in [9.17, 15) is 9.59 Å². The van der Waals surface area contributed by atoms with Crippen LogP contribution in [0.25, 0.3) is 0 Å². The first-order valence-electron chi connectivity index (χ1n) is 10.3. The first-order valence-corrected chi connectivity index (χ1v) is 10.3. The standard InChI is InChI=1S/C24H28N2O5/c1-6-11-26-15(2)12-21(17(26)4)23(27)14-30-24(28)19-7-9-20(10-8-19)29-13-22-16(3)25-31-18(22)5/h7-10,12H,6,11,13-14H2,1-5H3. The second-order valence-corrected chi connectivity index (χ2v) is 7.55. The van der Waals surface area contributed by atoms with Gasteiger partial charge in [-0.15, -0.1) is 0 Å². The van der Waals surface area contributed by atoms with Gasteiger partial charge in [0, 0.05) is 23.5 Å². The van der Waals surface area contributed by atoms with E-state index in [-0.39, 0.29) is 12.4 Å². The number of ketones is 1. The molecule has 2 aromatic heterocycles. The molecular formula is C24H28N2O5. The molecule has 0 amide bonds. The Morgan fingerprint density at radius 2 is 1.81 bits per heavy atom. The van der Waals surface area contributed by atoms with Crippen molar-refractivity contribution in [1.82, 2.24) is 9.72 Å². The molecule has 31 heavy (non-hydrogen) atoms. The van der Waals surface area contributed by atoms with Gasteiger partial charge in [0.1, 0.15) is 18.1 Å². The maximum Gasteiger partial charge on any atom is 0.338 e. The molecule has 164 valence electrons. The predicted octanol–water partition coefficient (Wildman–Crippen LogP) is 4.74. The minimum absolute atomic E-state index is 0.205. The number of carbonyl (C=O) groups is 2. The number of ether oxygens (including phenoxy) is 2. The highest BCUT2D eigenvalue weighted by Gasteiger charge is 2.18. The van der Waals surface area contributed by atoms with Gasteiger partial charge in [0.25, 0.3) is 0 Å². The van der Waals surface area contributed by atoms with E-state index in [2.05, 4.69) is 16.6 Å². The molecule has 3 aromatic rings. The van der Waals surface area contributed by atoms with Gasteiger partial charge < -0.3 is 18.6 Å². The number of carbonyl (C=O) groups excluding carboxylic acids is 2. The first-order chi connectivity index (χ1) is 14.8. The van der Waals surface area contributed by atoms with E-state index in [0.29, 0.717) is 23.5 Å². The van der Waals surface area contributed by atoms with Crippen molar-refractivity contribution < 1.29 is 23.6 Å². The molecule has 0 spiro atoms. The largest absolute Gasteiger partial charge is 0.489 e. The number of esters is 1. The molecule has 0 bridgehead atoms. The molecule has 0 saturated heterocycles. The van der Waals surface area contributed by atoms with Crippen molar-refractivity contribution in [3.63, 3.8) is 0 Å². The average molecular weight is 424 g/mol. The van der Waals surface area contributed by atoms with Gasteiger partial charge >= 0.3 is 5.97 Å². The highest BCUT2D eigenvalue weighted by molar-refractivity contribution is 6.00. The van der Waals surface area contributed by atoms with Crippen LogP contribution in [0.15, 0.2) is 34.9 Å². The number of hydrogen-bond acceptors (Lipinski definition) is 6. The Balaban J connectivity index is 1.56. The Hall–Kier alpha value is -3.35. The molecule has 0 aliphatic heterocycles. The monoisotopic (exact) mass is 424 g/mol. The van der Waals surface area contributed by atoms with Crippen LogP contribution >= 0.6 is 0 Å². The minimum Gasteiger partial charge on any atom is -0.489 e. The first kappa shape index (κ1) is 22.3. The van der Waals surface area contributed by atoms with Crippen molar-refractivity contribution >= 4 is 11.8 Å². The third kappa shape index (κ3) is 5.05. The lowest BCUT2D eigenvalue weighted by Crippen LogP contribution is -2.15. The number of benzene rings is 1. The minimum atomic E-state index is -0.548. The summed E-state index contributed by atoms with van der Waals surface area (Å²) in [5.74, 6) is 0.574. The van der Waals surface area contributed by atoms with Crippen molar-refractivity contribution in [1.29, 1.82) is 0 Å². The van der Waals surface area contributed by atoms with Crippen LogP contribution in [0.2, 0.25) is 0 Å². The van der Waals surface area contributed by atoms with E-state index in [1.807, 2.05) is 33.8 Å². The summed E-state index contributed by atoms with van der Waals surface area (Å²) in [4.78, 5) is 24.9. The third-order valence-corrected chi connectivity index (χ3v) is 5.31. The van der Waals surface area contributed by atoms with Gasteiger partial charge in [-0.25, -0.2) is 4.79 Å². The van der Waals surface area contributed by atoms with Gasteiger partial charge in [-0.05, 0) is 64.4 Å². The molecule has 2 heterocycles. The van der Waals surface area contributed by atoms with E-state index in [4.69, 9.17) is 14.0 Å². The summed E-state index contributed by atoms with van der Waals surface area (Å²) in [6.07, 6.45) is 0.983. The molecule has 7 heteroatoms. The summed E-state index contributed by atoms with van der Waals surface area (Å²) in [7, 11) is 0. The van der Waals surface area contributed by atoms with E-state index in [1.165, 1.54) is 0 Å². The number of nitrogens with zero attached hydrogens (tertiary/aromatic N) is 2. The Kier molecular flexibility index (Phi) is 6.95. The van der Waals surface area contributed by atoms with Gasteiger partial charge in [-0.2, -0.15) is 0 Å². The molecule has 7 nitrogen and oxygen atoms in total. The lowest BCUT2D eigenvalue weighted by molar-refractivity contribution is 0.0474. The SMILES string of the molecule is CCCn1c(C)cc(C(=O)COC(=O)c2ccc(OCc3c(C)noc3C)cc2)c1C. The zero-order chi connectivity index (χ0) is 22.5. The fourth-order valence-electron chi connectivity index (χ4n) is 3.49. The van der Waals surface area contributed by atoms with Gasteiger partial charge in [0.05, 0.1) is 16.8 Å². The quantitative estimate of drug-likeness (QED) is 0.364. The van der Waals surface area contributed by atoms with Crippen LogP contribution in [0.3, 0.4) is 0 Å². The molecule has 0 saturated carbocycles. The molecule has 0 unspecified atom stereocenters. The Morgan fingerprint density at radius 3 is 2.42 bits per heavy atom. The number of aryl methyl sites for hydroxylation is 3. The van der Waals surface area contributed by atoms with Crippen LogP contribution < -0.4 is 4.74 Å². The molecule has 0 aliphatic rings. The zero-order valence-corrected chi connectivity index (χ0v) is 18.7. The lowest BCUT2D eigenvalue weighted by atomic mass is 10.1. The Morgan fingerprint density at radius 1 is 1.10 bits per heavy atom. The molecule has 0 aliphatic carbocycles. The second-order valence-electron chi connectivity index (χ2n) is 7.55. The van der Waals surface area contributed by atoms with Crippen LogP contribution in [0.4, 0.5) is 0 Å². The highest BCUT2D eigenvalue weighted by Crippen LogP contribution is 2.19. The van der Waals surface area contributed by atoms with Crippen LogP contribution in [0.1, 0.15) is 62.5 Å². The van der Waals surface area contributed by atoms with Crippen LogP contribution in [0.5, 0.6) is 5.75 Å². The van der Waals surface area contributed by atoms with Crippen molar-refractivity contribution in [2.45, 2.75) is 54.2 Å². The van der Waals surface area contributed by atoms with E-state index < -0.39 is 5.97 Å². The maximum absolute atomic E-state index is 12.6. The van der Waals surface area contributed by atoms with Crippen molar-refractivity contribution in [3.8, 4) is 5.75 Å². The highest BCUT2D eigenvalue weighted by atomic mass is 16.5. The van der Waals surface area contributed by atoms with Gasteiger partial charge in [-0.3, -0.25) is 4.79 Å². The van der Waals surface area contributed by atoms with Gasteiger partial charge in [-0.1, -0.05) is 12.1 Å². The van der Waals surface area contributed by atoms with Crippen LogP contribution in [0, 0.1) is 27.7 Å². The zero-order valence-electron chi connectivity index (χ0n) is 18.7. The molecular weight excluding hydrogens is 396 g/mol. The Bertz CT molecular complexity index is 1060. The van der Waals surface area contributed by atoms with E-state index >= 15 is 0 Å². The third-order valence-electron chi connectivity index (χ3n) is 5.31. The summed E-state index contributed by atoms with van der Waals surface area (Å²) in [6, 6.07) is 8.46. The Labute approximate surface area is 181 Å². The summed E-state index contributed by atoms with van der Waals surface area (Å²) in [6.45, 7) is 10.6. The van der Waals surface area contributed by atoms with Gasteiger partial charge in [0.15, 0.2) is 6.61 Å². The van der Waals surface area contributed by atoms with Crippen LogP contribution in [-0.4, -0.2) is 28.1 Å². The summed E-state index contributed by atoms with van der Waals surface area (Å²) in [5.41, 5.74) is 4.58. The lowest BCUT2D eigenvalue weighted by Gasteiger charge is -2.09. The predicted molar refractivity (Wildman–Crippen MR) is 116 cm³/mol. The topological polar surface area (TPSA) is 83.6 Å². The molecule has 0 atom stereocenters. The van der Waals surface area contributed by atoms with Crippen molar-refractivity contribution in [3.05, 3.63) is 69.9 Å². The number of Topliss-reactive ketones (excluding diaryl/α,β-unsaturated/α-hetero) is 1. The molecule has 0 radical (unpaired) electrons. The molecule has 1 aromatic carbocycles. The van der Waals surface area contributed by atoms with Gasteiger partial charge in [0.2, 0.25) is 5.78 Å². The number of aromatic nitrogens is 2. The van der Waals surface area contributed by atoms with Crippen molar-refractivity contribution in [2.75, 3.05) is 6.61 Å². The second kappa shape index (κ2) is 9.64. The fraction of sp³-hybridized carbons (Fsp3) is 0.375. The molecule has 0 fully saturated rings. The smallest absolute Gasteiger partial charge is 0.338 e. The van der Waals surface area contributed by atoms with E-state index in [1.54, 1.807) is 24.3 Å². The summed E-state index contributed by atoms with van der Waals surface area (Å²) in [5, 5.41) is 3.90.